The molecular weight excluding hydrogens is 286 g/mol. The van der Waals surface area contributed by atoms with Gasteiger partial charge in [-0.2, -0.15) is 0 Å². The summed E-state index contributed by atoms with van der Waals surface area (Å²) in [7, 11) is 0. The highest BCUT2D eigenvalue weighted by Crippen LogP contribution is 2.35. The number of ether oxygens (including phenoxy) is 1. The maximum Gasteiger partial charge on any atom is 0.229 e. The van der Waals surface area contributed by atoms with Crippen molar-refractivity contribution in [2.45, 2.75) is 32.3 Å². The number of carbonyl (C=O) groups excluding carboxylic acids is 1. The van der Waals surface area contributed by atoms with Crippen molar-refractivity contribution in [1.29, 1.82) is 0 Å². The number of hydrogen-bond donors (Lipinski definition) is 0. The van der Waals surface area contributed by atoms with E-state index in [1.807, 2.05) is 11.0 Å². The first-order valence-electron chi connectivity index (χ1n) is 8.32. The summed E-state index contributed by atoms with van der Waals surface area (Å²) in [5, 5.41) is 0. The number of fused-ring (bicyclic) bond motifs is 2. The molecule has 0 bridgehead atoms. The van der Waals surface area contributed by atoms with Crippen LogP contribution in [0.25, 0.3) is 0 Å². The molecule has 1 amide bonds. The summed E-state index contributed by atoms with van der Waals surface area (Å²) >= 11 is 0. The van der Waals surface area contributed by atoms with Crippen LogP contribution in [0.4, 0.5) is 5.69 Å². The summed E-state index contributed by atoms with van der Waals surface area (Å²) in [6, 6.07) is 14.6. The Labute approximate surface area is 136 Å². The fourth-order valence-electron chi connectivity index (χ4n) is 3.82. The number of nitrogens with zero attached hydrogens (tertiary/aromatic N) is 1. The fraction of sp³-hybridized carbons (Fsp3) is 0.350. The summed E-state index contributed by atoms with van der Waals surface area (Å²) < 4.78 is 5.91. The zero-order valence-corrected chi connectivity index (χ0v) is 13.4. The lowest BCUT2D eigenvalue weighted by Crippen LogP contribution is -2.32. The predicted molar refractivity (Wildman–Crippen MR) is 90.7 cm³/mol. The Morgan fingerprint density at radius 1 is 1.13 bits per heavy atom. The van der Waals surface area contributed by atoms with E-state index in [9.17, 15) is 4.79 Å². The number of carbonyl (C=O) groups is 1. The zero-order chi connectivity index (χ0) is 15.8. The van der Waals surface area contributed by atoms with Gasteiger partial charge in [0.25, 0.3) is 0 Å². The molecule has 0 unspecified atom stereocenters. The number of amides is 1. The van der Waals surface area contributed by atoms with Gasteiger partial charge in [0, 0.05) is 12.2 Å². The van der Waals surface area contributed by atoms with Crippen LogP contribution in [0.3, 0.4) is 0 Å². The van der Waals surface area contributed by atoms with E-state index in [-0.39, 0.29) is 12.0 Å². The fourth-order valence-corrected chi connectivity index (χ4v) is 3.82. The Morgan fingerprint density at radius 3 is 2.87 bits per heavy atom. The molecule has 4 rings (SSSR count). The van der Waals surface area contributed by atoms with Crippen molar-refractivity contribution in [3.63, 3.8) is 0 Å². The monoisotopic (exact) mass is 307 g/mol. The molecule has 0 fully saturated rings. The van der Waals surface area contributed by atoms with Crippen LogP contribution in [-0.4, -0.2) is 19.1 Å². The molecule has 118 valence electrons. The van der Waals surface area contributed by atoms with Crippen LogP contribution in [0.5, 0.6) is 0 Å². The Kier molecular flexibility index (Phi) is 3.66. The third-order valence-electron chi connectivity index (χ3n) is 4.95. The van der Waals surface area contributed by atoms with E-state index in [0.29, 0.717) is 13.0 Å². The lowest BCUT2D eigenvalue weighted by atomic mass is 9.95. The number of hydrogen-bond acceptors (Lipinski definition) is 2. The normalized spacial score (nSPS) is 19.3. The SMILES string of the molecule is Cc1cccc2c1N(C(=O)C[C@H]1OCCc3ccccc31)CC2. The number of anilines is 1. The number of aryl methyl sites for hydroxylation is 1. The van der Waals surface area contributed by atoms with Gasteiger partial charge in [0.1, 0.15) is 0 Å². The Hall–Kier alpha value is -2.13. The van der Waals surface area contributed by atoms with E-state index in [4.69, 9.17) is 4.74 Å². The minimum Gasteiger partial charge on any atom is -0.373 e. The average Bonchev–Trinajstić information content (AvgIpc) is 3.01. The maximum absolute atomic E-state index is 12.9. The third kappa shape index (κ3) is 2.55. The highest BCUT2D eigenvalue weighted by Gasteiger charge is 2.30. The van der Waals surface area contributed by atoms with Gasteiger partial charge in [0.15, 0.2) is 0 Å². The molecule has 0 radical (unpaired) electrons. The molecule has 0 aliphatic carbocycles. The van der Waals surface area contributed by atoms with Gasteiger partial charge in [-0.05, 0) is 42.0 Å². The third-order valence-corrected chi connectivity index (χ3v) is 4.95. The van der Waals surface area contributed by atoms with Crippen LogP contribution in [-0.2, 0) is 22.4 Å². The second kappa shape index (κ2) is 5.82. The molecule has 2 aliphatic rings. The van der Waals surface area contributed by atoms with Gasteiger partial charge in [-0.15, -0.1) is 0 Å². The molecule has 2 aromatic carbocycles. The molecule has 1 atom stereocenters. The molecule has 0 saturated carbocycles. The van der Waals surface area contributed by atoms with Gasteiger partial charge >= 0.3 is 0 Å². The molecule has 2 aliphatic heterocycles. The number of para-hydroxylation sites is 1. The average molecular weight is 307 g/mol. The van der Waals surface area contributed by atoms with Crippen LogP contribution < -0.4 is 4.90 Å². The van der Waals surface area contributed by atoms with Crippen LogP contribution >= 0.6 is 0 Å². The van der Waals surface area contributed by atoms with Crippen molar-refractivity contribution < 1.29 is 9.53 Å². The van der Waals surface area contributed by atoms with E-state index in [1.165, 1.54) is 22.3 Å². The van der Waals surface area contributed by atoms with E-state index in [0.717, 1.165) is 25.1 Å². The lowest BCUT2D eigenvalue weighted by Gasteiger charge is -2.28. The van der Waals surface area contributed by atoms with Gasteiger partial charge < -0.3 is 9.64 Å². The zero-order valence-electron chi connectivity index (χ0n) is 13.4. The molecule has 2 aromatic rings. The van der Waals surface area contributed by atoms with Crippen molar-refractivity contribution in [3.8, 4) is 0 Å². The van der Waals surface area contributed by atoms with Crippen LogP contribution in [0.1, 0.15) is 34.8 Å². The van der Waals surface area contributed by atoms with E-state index in [1.54, 1.807) is 0 Å². The van der Waals surface area contributed by atoms with E-state index < -0.39 is 0 Å². The molecule has 0 spiro atoms. The molecule has 2 heterocycles. The van der Waals surface area contributed by atoms with Crippen molar-refractivity contribution in [1.82, 2.24) is 0 Å². The molecular formula is C20H21NO2. The highest BCUT2D eigenvalue weighted by molar-refractivity contribution is 5.96. The van der Waals surface area contributed by atoms with Crippen molar-refractivity contribution in [2.24, 2.45) is 0 Å². The first-order valence-corrected chi connectivity index (χ1v) is 8.32. The molecule has 0 N–H and O–H groups in total. The number of benzene rings is 2. The molecule has 0 aromatic heterocycles. The minimum absolute atomic E-state index is 0.111. The van der Waals surface area contributed by atoms with Gasteiger partial charge in [0.2, 0.25) is 5.91 Å². The summed E-state index contributed by atoms with van der Waals surface area (Å²) in [6.07, 6.45) is 2.20. The van der Waals surface area contributed by atoms with Crippen molar-refractivity contribution in [3.05, 3.63) is 64.7 Å². The molecule has 3 nitrogen and oxygen atoms in total. The lowest BCUT2D eigenvalue weighted by molar-refractivity contribution is -0.121. The van der Waals surface area contributed by atoms with Crippen LogP contribution in [0.2, 0.25) is 0 Å². The number of rotatable bonds is 2. The first-order chi connectivity index (χ1) is 11.2. The van der Waals surface area contributed by atoms with Gasteiger partial charge in [0.05, 0.1) is 19.1 Å². The Balaban J connectivity index is 1.57. The standard InChI is InChI=1S/C20H21NO2/c1-14-5-4-7-16-9-11-21(20(14)16)19(22)13-18-17-8-3-2-6-15(17)10-12-23-18/h2-8,18H,9-13H2,1H3/t18-/m1/s1. The van der Waals surface area contributed by atoms with Crippen molar-refractivity contribution in [2.75, 3.05) is 18.1 Å². The summed E-state index contributed by atoms with van der Waals surface area (Å²) in [4.78, 5) is 14.8. The second-order valence-electron chi connectivity index (χ2n) is 6.39. The quantitative estimate of drug-likeness (QED) is 0.848. The van der Waals surface area contributed by atoms with Crippen LogP contribution in [0, 0.1) is 6.92 Å². The van der Waals surface area contributed by atoms with Gasteiger partial charge in [-0.3, -0.25) is 4.79 Å². The first kappa shape index (κ1) is 14.5. The van der Waals surface area contributed by atoms with E-state index >= 15 is 0 Å². The maximum atomic E-state index is 12.9. The molecule has 3 heteroatoms. The molecule has 0 saturated heterocycles. The van der Waals surface area contributed by atoms with Crippen LogP contribution in [0.15, 0.2) is 42.5 Å². The predicted octanol–water partition coefficient (Wildman–Crippen LogP) is 3.59. The smallest absolute Gasteiger partial charge is 0.229 e. The minimum atomic E-state index is -0.111. The molecule has 23 heavy (non-hydrogen) atoms. The summed E-state index contributed by atoms with van der Waals surface area (Å²) in [6.45, 7) is 3.56. The second-order valence-corrected chi connectivity index (χ2v) is 6.39. The topological polar surface area (TPSA) is 29.5 Å². The van der Waals surface area contributed by atoms with Gasteiger partial charge in [-0.1, -0.05) is 42.5 Å². The Bertz CT molecular complexity index is 753. The van der Waals surface area contributed by atoms with E-state index in [2.05, 4.69) is 43.3 Å². The van der Waals surface area contributed by atoms with Gasteiger partial charge in [-0.25, -0.2) is 0 Å². The van der Waals surface area contributed by atoms with Crippen molar-refractivity contribution >= 4 is 11.6 Å². The Morgan fingerprint density at radius 2 is 1.96 bits per heavy atom. The summed E-state index contributed by atoms with van der Waals surface area (Å²) in [5.74, 6) is 0.166. The highest BCUT2D eigenvalue weighted by atomic mass is 16.5. The largest absolute Gasteiger partial charge is 0.373 e. The summed E-state index contributed by atoms with van der Waals surface area (Å²) in [5.41, 5.74) is 6.06.